The number of hydrogen-bond donors (Lipinski definition) is 1. The molecule has 2 aliphatic rings. The Hall–Kier alpha value is -2.74. The van der Waals surface area contributed by atoms with Crippen molar-refractivity contribution in [2.45, 2.75) is 39.3 Å². The Bertz CT molecular complexity index is 976. The third-order valence-electron chi connectivity index (χ3n) is 5.53. The van der Waals surface area contributed by atoms with Crippen LogP contribution in [0.4, 0.5) is 10.5 Å². The summed E-state index contributed by atoms with van der Waals surface area (Å²) in [5, 5.41) is 8.00. The van der Waals surface area contributed by atoms with Crippen LogP contribution in [0.25, 0.3) is 0 Å². The summed E-state index contributed by atoms with van der Waals surface area (Å²) in [6, 6.07) is 7.75. The van der Waals surface area contributed by atoms with Gasteiger partial charge < -0.3 is 19.4 Å². The van der Waals surface area contributed by atoms with E-state index in [1.807, 2.05) is 49.9 Å². The van der Waals surface area contributed by atoms with E-state index in [1.54, 1.807) is 4.90 Å². The van der Waals surface area contributed by atoms with Crippen molar-refractivity contribution in [1.82, 2.24) is 20.0 Å². The number of carbonyl (C=O) groups is 2. The fourth-order valence-corrected chi connectivity index (χ4v) is 4.13. The Kier molecular flexibility index (Phi) is 5.83. The molecule has 0 bridgehead atoms. The lowest BCUT2D eigenvalue weighted by atomic mass is 10.0. The number of halogens is 1. The molecule has 2 aromatic rings. The highest BCUT2D eigenvalue weighted by Crippen LogP contribution is 2.25. The molecule has 0 radical (unpaired) electrons. The monoisotopic (exact) mass is 445 g/mol. The zero-order valence-corrected chi connectivity index (χ0v) is 18.9. The Labute approximate surface area is 187 Å². The van der Waals surface area contributed by atoms with Crippen LogP contribution in [0.3, 0.4) is 0 Å². The zero-order chi connectivity index (χ0) is 22.2. The second kappa shape index (κ2) is 8.42. The number of rotatable bonds is 2. The van der Waals surface area contributed by atoms with E-state index in [9.17, 15) is 9.59 Å². The van der Waals surface area contributed by atoms with Gasteiger partial charge in [0.15, 0.2) is 5.69 Å². The molecule has 1 N–H and O–H groups in total. The van der Waals surface area contributed by atoms with Crippen molar-refractivity contribution in [3.63, 3.8) is 0 Å². The van der Waals surface area contributed by atoms with E-state index in [2.05, 4.69) is 15.1 Å². The summed E-state index contributed by atoms with van der Waals surface area (Å²) in [6.45, 7) is 9.04. The first-order chi connectivity index (χ1) is 14.7. The maximum Gasteiger partial charge on any atom is 0.410 e. The van der Waals surface area contributed by atoms with Gasteiger partial charge in [-0.15, -0.1) is 0 Å². The fourth-order valence-electron chi connectivity index (χ4n) is 3.94. The van der Waals surface area contributed by atoms with Crippen molar-refractivity contribution >= 4 is 29.3 Å². The highest BCUT2D eigenvalue weighted by atomic mass is 35.5. The highest BCUT2D eigenvalue weighted by Gasteiger charge is 2.32. The van der Waals surface area contributed by atoms with Gasteiger partial charge >= 0.3 is 6.09 Å². The van der Waals surface area contributed by atoms with Crippen molar-refractivity contribution in [3.8, 4) is 0 Å². The van der Waals surface area contributed by atoms with E-state index < -0.39 is 5.60 Å². The number of piperazine rings is 1. The Morgan fingerprint density at radius 3 is 2.52 bits per heavy atom. The SMILES string of the molecule is CC(C)(C)OC(=O)N1CCc2[nH]nc(C(=O)N3CCN(c4cccc(Cl)c4)CC3)c2C1. The van der Waals surface area contributed by atoms with Crippen LogP contribution in [0, 0.1) is 0 Å². The molecule has 1 fully saturated rings. The molecule has 1 aromatic carbocycles. The molecule has 8 nitrogen and oxygen atoms in total. The second-order valence-electron chi connectivity index (χ2n) is 8.94. The van der Waals surface area contributed by atoms with Gasteiger partial charge in [0.2, 0.25) is 0 Å². The number of nitrogens with zero attached hydrogens (tertiary/aromatic N) is 4. The van der Waals surface area contributed by atoms with Gasteiger partial charge in [0.1, 0.15) is 5.60 Å². The van der Waals surface area contributed by atoms with Gasteiger partial charge in [0.05, 0.1) is 6.54 Å². The molecule has 0 unspecified atom stereocenters. The molecule has 1 saturated heterocycles. The minimum atomic E-state index is -0.560. The number of H-pyrrole nitrogens is 1. The van der Waals surface area contributed by atoms with E-state index in [-0.39, 0.29) is 12.0 Å². The van der Waals surface area contributed by atoms with Crippen LogP contribution in [0.2, 0.25) is 5.02 Å². The largest absolute Gasteiger partial charge is 0.444 e. The molecule has 4 rings (SSSR count). The van der Waals surface area contributed by atoms with E-state index in [0.29, 0.717) is 43.3 Å². The lowest BCUT2D eigenvalue weighted by molar-refractivity contribution is 0.0222. The van der Waals surface area contributed by atoms with E-state index >= 15 is 0 Å². The first-order valence-corrected chi connectivity index (χ1v) is 10.9. The topological polar surface area (TPSA) is 81.8 Å². The number of fused-ring (bicyclic) bond motifs is 1. The summed E-state index contributed by atoms with van der Waals surface area (Å²) in [6.07, 6.45) is 0.255. The highest BCUT2D eigenvalue weighted by molar-refractivity contribution is 6.30. The number of hydrogen-bond acceptors (Lipinski definition) is 5. The lowest BCUT2D eigenvalue weighted by Gasteiger charge is -2.36. The maximum atomic E-state index is 13.2. The predicted octanol–water partition coefficient (Wildman–Crippen LogP) is 3.32. The van der Waals surface area contributed by atoms with E-state index in [4.69, 9.17) is 16.3 Å². The fraction of sp³-hybridized carbons (Fsp3) is 0.500. The van der Waals surface area contributed by atoms with E-state index in [1.165, 1.54) is 0 Å². The van der Waals surface area contributed by atoms with Gasteiger partial charge in [-0.05, 0) is 39.0 Å². The molecule has 2 aliphatic heterocycles. The Morgan fingerprint density at radius 1 is 1.10 bits per heavy atom. The predicted molar refractivity (Wildman–Crippen MR) is 119 cm³/mol. The molecule has 3 heterocycles. The molecule has 1 aromatic heterocycles. The normalized spacial score (nSPS) is 16.8. The summed E-state index contributed by atoms with van der Waals surface area (Å²) in [5.41, 5.74) is 2.61. The number of anilines is 1. The molecular formula is C22H28ClN5O3. The van der Waals surface area contributed by atoms with Crippen molar-refractivity contribution < 1.29 is 14.3 Å². The second-order valence-corrected chi connectivity index (χ2v) is 9.38. The molecule has 166 valence electrons. The molecule has 0 atom stereocenters. The molecule has 9 heteroatoms. The number of carbonyl (C=O) groups excluding carboxylic acids is 2. The average molecular weight is 446 g/mol. The molecule has 31 heavy (non-hydrogen) atoms. The summed E-state index contributed by atoms with van der Waals surface area (Å²) in [5.74, 6) is -0.103. The van der Waals surface area contributed by atoms with Crippen LogP contribution in [0.1, 0.15) is 42.5 Å². The maximum absolute atomic E-state index is 13.2. The standard InChI is InChI=1S/C22H28ClN5O3/c1-22(2,3)31-21(30)28-8-7-18-17(14-28)19(25-24-18)20(29)27-11-9-26(10-12-27)16-6-4-5-15(23)13-16/h4-6,13H,7-12,14H2,1-3H3,(H,24,25). The number of ether oxygens (including phenoxy) is 1. The molecule has 0 aliphatic carbocycles. The first-order valence-electron chi connectivity index (χ1n) is 10.5. The van der Waals surface area contributed by atoms with Gasteiger partial charge in [-0.2, -0.15) is 5.10 Å². The van der Waals surface area contributed by atoms with Crippen molar-refractivity contribution in [3.05, 3.63) is 46.2 Å². The van der Waals surface area contributed by atoms with Crippen LogP contribution in [0.15, 0.2) is 24.3 Å². The first kappa shape index (κ1) is 21.5. The lowest BCUT2D eigenvalue weighted by Crippen LogP contribution is -2.49. The third kappa shape index (κ3) is 4.79. The number of nitrogens with one attached hydrogen (secondary N) is 1. The summed E-state index contributed by atoms with van der Waals surface area (Å²) >= 11 is 6.11. The summed E-state index contributed by atoms with van der Waals surface area (Å²) in [4.78, 5) is 31.4. The smallest absolute Gasteiger partial charge is 0.410 e. The van der Waals surface area contributed by atoms with Gasteiger partial charge in [0.25, 0.3) is 5.91 Å². The summed E-state index contributed by atoms with van der Waals surface area (Å²) in [7, 11) is 0. The minimum Gasteiger partial charge on any atom is -0.444 e. The van der Waals surface area contributed by atoms with E-state index in [0.717, 1.165) is 30.0 Å². The van der Waals surface area contributed by atoms with Crippen molar-refractivity contribution in [2.24, 2.45) is 0 Å². The Balaban J connectivity index is 1.42. The molecule has 0 spiro atoms. The van der Waals surface area contributed by atoms with Crippen LogP contribution in [0.5, 0.6) is 0 Å². The van der Waals surface area contributed by atoms with Crippen LogP contribution in [-0.4, -0.2) is 70.3 Å². The van der Waals surface area contributed by atoms with Crippen LogP contribution in [-0.2, 0) is 17.7 Å². The van der Waals surface area contributed by atoms with Crippen molar-refractivity contribution in [2.75, 3.05) is 37.6 Å². The number of benzene rings is 1. The van der Waals surface area contributed by atoms with Gasteiger partial charge in [0, 0.05) is 61.1 Å². The minimum absolute atomic E-state index is 0.103. The third-order valence-corrected chi connectivity index (χ3v) is 5.76. The Morgan fingerprint density at radius 2 is 1.84 bits per heavy atom. The number of aromatic nitrogens is 2. The van der Waals surface area contributed by atoms with Crippen molar-refractivity contribution in [1.29, 1.82) is 0 Å². The number of aromatic amines is 1. The molecule has 2 amide bonds. The van der Waals surface area contributed by atoms with Gasteiger partial charge in [-0.1, -0.05) is 17.7 Å². The molecule has 0 saturated carbocycles. The van der Waals surface area contributed by atoms with Crippen LogP contribution >= 0.6 is 11.6 Å². The van der Waals surface area contributed by atoms with Crippen LogP contribution < -0.4 is 4.90 Å². The summed E-state index contributed by atoms with van der Waals surface area (Å²) < 4.78 is 5.49. The molecular weight excluding hydrogens is 418 g/mol. The van der Waals surface area contributed by atoms with Gasteiger partial charge in [-0.3, -0.25) is 9.89 Å². The quantitative estimate of drug-likeness (QED) is 0.766. The van der Waals surface area contributed by atoms with Gasteiger partial charge in [-0.25, -0.2) is 4.79 Å². The number of amides is 2. The average Bonchev–Trinajstić information content (AvgIpc) is 3.15. The zero-order valence-electron chi connectivity index (χ0n) is 18.2.